The van der Waals surface area contributed by atoms with Gasteiger partial charge in [0.05, 0.1) is 18.6 Å². The van der Waals surface area contributed by atoms with Gasteiger partial charge in [-0.3, -0.25) is 14.4 Å². The van der Waals surface area contributed by atoms with E-state index in [-0.39, 0.29) is 29.9 Å². The highest BCUT2D eigenvalue weighted by Crippen LogP contribution is 2.47. The maximum Gasteiger partial charge on any atom is 0.311 e. The molecule has 2 aliphatic rings. The molecule has 1 aromatic carbocycles. The van der Waals surface area contributed by atoms with Gasteiger partial charge in [0, 0.05) is 6.42 Å². The van der Waals surface area contributed by atoms with Crippen molar-refractivity contribution in [3.63, 3.8) is 0 Å². The van der Waals surface area contributed by atoms with Crippen LogP contribution in [0.3, 0.4) is 0 Å². The number of hydrogen-bond donors (Lipinski definition) is 2. The van der Waals surface area contributed by atoms with Gasteiger partial charge in [-0.2, -0.15) is 0 Å². The van der Waals surface area contributed by atoms with Gasteiger partial charge in [0.1, 0.15) is 17.4 Å². The Kier molecular flexibility index (Phi) is 3.95. The number of hydrogen-bond acceptors (Lipinski definition) is 6. The molecular formula is C17H18O7. The Balaban J connectivity index is 2.07. The third-order valence-electron chi connectivity index (χ3n) is 4.87. The van der Waals surface area contributed by atoms with E-state index in [9.17, 15) is 24.6 Å². The van der Waals surface area contributed by atoms with Crippen molar-refractivity contribution in [2.75, 3.05) is 7.11 Å². The summed E-state index contributed by atoms with van der Waals surface area (Å²) in [6.07, 6.45) is 1.10. The van der Waals surface area contributed by atoms with Crippen LogP contribution in [0, 0.1) is 11.8 Å². The summed E-state index contributed by atoms with van der Waals surface area (Å²) in [5.41, 5.74) is -1.50. The lowest BCUT2D eigenvalue weighted by molar-refractivity contribution is -0.152. The van der Waals surface area contributed by atoms with E-state index >= 15 is 0 Å². The zero-order valence-corrected chi connectivity index (χ0v) is 13.2. The lowest BCUT2D eigenvalue weighted by Gasteiger charge is -2.32. The summed E-state index contributed by atoms with van der Waals surface area (Å²) in [4.78, 5) is 36.8. The standard InChI is InChI=1S/C17H18O7/c1-23-16(22)9-3-2-4-12(15(20)21)17(8-9)14(19)11-7-10(18)5-6-13(11)24-17/h5-7,9,12,18H,2-4,8H2,1H3,(H,20,21). The SMILES string of the molecule is COC(=O)C1CCCC(C(=O)O)C2(C1)Oc1ccc(O)cc1C2=O. The summed E-state index contributed by atoms with van der Waals surface area (Å²) in [5, 5.41) is 19.2. The van der Waals surface area contributed by atoms with Gasteiger partial charge in [-0.15, -0.1) is 0 Å². The Morgan fingerprint density at radius 3 is 2.75 bits per heavy atom. The number of Topliss-reactive ketones (excluding diaryl/α,β-unsaturated/α-hetero) is 1. The van der Waals surface area contributed by atoms with Crippen molar-refractivity contribution in [3.05, 3.63) is 23.8 Å². The molecule has 1 spiro atoms. The quantitative estimate of drug-likeness (QED) is 0.793. The fourth-order valence-electron chi connectivity index (χ4n) is 3.72. The van der Waals surface area contributed by atoms with Gasteiger partial charge in [0.2, 0.25) is 5.78 Å². The molecular weight excluding hydrogens is 316 g/mol. The Hall–Kier alpha value is -2.57. The number of rotatable bonds is 2. The van der Waals surface area contributed by atoms with Gasteiger partial charge in [-0.1, -0.05) is 6.42 Å². The van der Waals surface area contributed by atoms with Crippen molar-refractivity contribution >= 4 is 17.7 Å². The Morgan fingerprint density at radius 1 is 1.33 bits per heavy atom. The predicted octanol–water partition coefficient (Wildman–Crippen LogP) is 1.77. The van der Waals surface area contributed by atoms with Crippen molar-refractivity contribution in [3.8, 4) is 11.5 Å². The summed E-state index contributed by atoms with van der Waals surface area (Å²) in [5.74, 6) is -3.65. The van der Waals surface area contributed by atoms with Gasteiger partial charge in [0.25, 0.3) is 0 Å². The molecule has 2 N–H and O–H groups in total. The number of phenols is 1. The minimum Gasteiger partial charge on any atom is -0.508 e. The third kappa shape index (κ3) is 2.40. The van der Waals surface area contributed by atoms with Crippen molar-refractivity contribution in [2.24, 2.45) is 11.8 Å². The number of phenolic OH excluding ortho intramolecular Hbond substituents is 1. The normalized spacial score (nSPS) is 28.8. The van der Waals surface area contributed by atoms with Crippen LogP contribution in [0.4, 0.5) is 0 Å². The van der Waals surface area contributed by atoms with Gasteiger partial charge < -0.3 is 19.7 Å². The first-order valence-corrected chi connectivity index (χ1v) is 7.76. The monoisotopic (exact) mass is 334 g/mol. The molecule has 1 aliphatic carbocycles. The van der Waals surface area contributed by atoms with Gasteiger partial charge in [-0.05, 0) is 31.0 Å². The predicted molar refractivity (Wildman–Crippen MR) is 80.9 cm³/mol. The van der Waals surface area contributed by atoms with Crippen molar-refractivity contribution in [1.82, 2.24) is 0 Å². The highest BCUT2D eigenvalue weighted by atomic mass is 16.5. The van der Waals surface area contributed by atoms with Crippen LogP contribution in [0.1, 0.15) is 36.0 Å². The maximum atomic E-state index is 13.0. The second-order valence-electron chi connectivity index (χ2n) is 6.25. The first-order valence-electron chi connectivity index (χ1n) is 7.76. The number of fused-ring (bicyclic) bond motifs is 1. The molecule has 0 amide bonds. The van der Waals surface area contributed by atoms with E-state index in [2.05, 4.69) is 0 Å². The van der Waals surface area contributed by atoms with E-state index in [4.69, 9.17) is 9.47 Å². The third-order valence-corrected chi connectivity index (χ3v) is 4.87. The van der Waals surface area contributed by atoms with E-state index in [0.717, 1.165) is 0 Å². The summed E-state index contributed by atoms with van der Waals surface area (Å²) in [6.45, 7) is 0. The Morgan fingerprint density at radius 2 is 2.08 bits per heavy atom. The summed E-state index contributed by atoms with van der Waals surface area (Å²) < 4.78 is 10.6. The van der Waals surface area contributed by atoms with Gasteiger partial charge >= 0.3 is 11.9 Å². The minimum absolute atomic E-state index is 0.0507. The molecule has 128 valence electrons. The molecule has 0 saturated heterocycles. The number of esters is 1. The molecule has 0 aromatic heterocycles. The van der Waals surface area contributed by atoms with Crippen molar-refractivity contribution < 1.29 is 34.1 Å². The molecule has 3 rings (SSSR count). The van der Waals surface area contributed by atoms with Crippen LogP contribution in [0.15, 0.2) is 18.2 Å². The van der Waals surface area contributed by atoms with Crippen LogP contribution < -0.4 is 4.74 Å². The zero-order valence-electron chi connectivity index (χ0n) is 13.2. The molecule has 1 heterocycles. The highest BCUT2D eigenvalue weighted by Gasteiger charge is 2.58. The summed E-state index contributed by atoms with van der Waals surface area (Å²) in [7, 11) is 1.26. The first kappa shape index (κ1) is 16.3. The number of benzene rings is 1. The number of ether oxygens (including phenoxy) is 2. The lowest BCUT2D eigenvalue weighted by Crippen LogP contribution is -2.51. The van der Waals surface area contributed by atoms with Crippen molar-refractivity contribution in [1.29, 1.82) is 0 Å². The van der Waals surface area contributed by atoms with Crippen LogP contribution in [0.5, 0.6) is 11.5 Å². The second-order valence-corrected chi connectivity index (χ2v) is 6.25. The second kappa shape index (κ2) is 5.81. The first-order chi connectivity index (χ1) is 11.4. The van der Waals surface area contributed by atoms with Crippen LogP contribution >= 0.6 is 0 Å². The topological polar surface area (TPSA) is 110 Å². The Labute approximate surface area is 138 Å². The number of ketones is 1. The molecule has 1 saturated carbocycles. The highest BCUT2D eigenvalue weighted by molar-refractivity contribution is 6.10. The van der Waals surface area contributed by atoms with Crippen LogP contribution in [-0.4, -0.2) is 40.6 Å². The molecule has 3 unspecified atom stereocenters. The minimum atomic E-state index is -1.64. The van der Waals surface area contributed by atoms with E-state index in [0.29, 0.717) is 12.8 Å². The molecule has 1 fully saturated rings. The van der Waals surface area contributed by atoms with Gasteiger partial charge in [-0.25, -0.2) is 0 Å². The average molecular weight is 334 g/mol. The molecule has 1 aromatic rings. The molecule has 7 nitrogen and oxygen atoms in total. The molecule has 1 aliphatic heterocycles. The van der Waals surface area contributed by atoms with Crippen LogP contribution in [-0.2, 0) is 14.3 Å². The van der Waals surface area contributed by atoms with Gasteiger partial charge in [0.15, 0.2) is 5.60 Å². The molecule has 7 heteroatoms. The number of carbonyl (C=O) groups is 3. The number of methoxy groups -OCH3 is 1. The number of carboxylic acids is 1. The fraction of sp³-hybridized carbons (Fsp3) is 0.471. The zero-order chi connectivity index (χ0) is 17.5. The van der Waals surface area contributed by atoms with E-state index in [1.54, 1.807) is 0 Å². The van der Waals surface area contributed by atoms with Crippen LogP contribution in [0.25, 0.3) is 0 Å². The fourth-order valence-corrected chi connectivity index (χ4v) is 3.72. The summed E-state index contributed by atoms with van der Waals surface area (Å²) >= 11 is 0. The van der Waals surface area contributed by atoms with Crippen molar-refractivity contribution in [2.45, 2.75) is 31.3 Å². The smallest absolute Gasteiger partial charge is 0.311 e. The largest absolute Gasteiger partial charge is 0.508 e. The molecule has 24 heavy (non-hydrogen) atoms. The number of carbonyl (C=O) groups excluding carboxylic acids is 2. The molecule has 3 atom stereocenters. The molecule has 0 radical (unpaired) electrons. The van der Waals surface area contributed by atoms with E-state index in [1.807, 2.05) is 0 Å². The average Bonchev–Trinajstić information content (AvgIpc) is 2.72. The lowest BCUT2D eigenvalue weighted by atomic mass is 9.77. The van der Waals surface area contributed by atoms with E-state index in [1.165, 1.54) is 25.3 Å². The Bertz CT molecular complexity index is 711. The van der Waals surface area contributed by atoms with E-state index < -0.39 is 35.2 Å². The maximum absolute atomic E-state index is 13.0. The number of carboxylic acid groups (broad SMARTS) is 1. The number of aliphatic carboxylic acids is 1. The molecule has 0 bridgehead atoms. The van der Waals surface area contributed by atoms with Crippen LogP contribution in [0.2, 0.25) is 0 Å². The summed E-state index contributed by atoms with van der Waals surface area (Å²) in [6, 6.07) is 4.08. The number of aromatic hydroxyl groups is 1.